The molecule has 0 saturated carbocycles. The maximum absolute atomic E-state index is 12.3. The molecule has 33 heavy (non-hydrogen) atoms. The van der Waals surface area contributed by atoms with Gasteiger partial charge in [-0.25, -0.2) is 4.99 Å². The molecule has 1 aliphatic rings. The predicted octanol–water partition coefficient (Wildman–Crippen LogP) is 5.48. The van der Waals surface area contributed by atoms with Crippen molar-refractivity contribution in [3.63, 3.8) is 0 Å². The van der Waals surface area contributed by atoms with Crippen LogP contribution in [0, 0.1) is 6.92 Å². The van der Waals surface area contributed by atoms with E-state index in [1.807, 2.05) is 79.7 Å². The van der Waals surface area contributed by atoms with Crippen molar-refractivity contribution >= 4 is 34.6 Å². The highest BCUT2D eigenvalue weighted by atomic mass is 32.2. The predicted molar refractivity (Wildman–Crippen MR) is 132 cm³/mol. The minimum absolute atomic E-state index is 0.156. The number of hydrogen-bond acceptors (Lipinski definition) is 6. The molecule has 0 aliphatic carbocycles. The van der Waals surface area contributed by atoms with Crippen LogP contribution in [0.15, 0.2) is 76.6 Å². The molecule has 0 radical (unpaired) electrons. The second kappa shape index (κ2) is 10.3. The molecule has 0 aromatic heterocycles. The summed E-state index contributed by atoms with van der Waals surface area (Å²) in [6.45, 7) is 2.37. The molecule has 0 atom stereocenters. The van der Waals surface area contributed by atoms with E-state index in [-0.39, 0.29) is 5.91 Å². The van der Waals surface area contributed by atoms with Gasteiger partial charge in [0, 0.05) is 5.56 Å². The van der Waals surface area contributed by atoms with Gasteiger partial charge in [-0.05, 0) is 72.8 Å². The van der Waals surface area contributed by atoms with Crippen molar-refractivity contribution in [1.82, 2.24) is 5.32 Å². The van der Waals surface area contributed by atoms with Crippen LogP contribution in [0.5, 0.6) is 17.2 Å². The van der Waals surface area contributed by atoms with E-state index in [0.717, 1.165) is 33.9 Å². The monoisotopic (exact) mass is 460 g/mol. The molecule has 0 spiro atoms. The summed E-state index contributed by atoms with van der Waals surface area (Å²) < 4.78 is 16.6. The third kappa shape index (κ3) is 5.75. The number of amides is 1. The Morgan fingerprint density at radius 1 is 0.939 bits per heavy atom. The van der Waals surface area contributed by atoms with E-state index in [4.69, 9.17) is 14.2 Å². The van der Waals surface area contributed by atoms with E-state index in [1.54, 1.807) is 14.2 Å². The van der Waals surface area contributed by atoms with Gasteiger partial charge in [-0.15, -0.1) is 0 Å². The molecule has 0 unspecified atom stereocenters. The second-order valence-corrected chi connectivity index (χ2v) is 8.38. The minimum Gasteiger partial charge on any atom is -0.497 e. The summed E-state index contributed by atoms with van der Waals surface area (Å²) in [5.74, 6) is 2.04. The van der Waals surface area contributed by atoms with Crippen LogP contribution in [0.3, 0.4) is 0 Å². The first-order valence-corrected chi connectivity index (χ1v) is 11.2. The first kappa shape index (κ1) is 22.5. The highest BCUT2D eigenvalue weighted by Crippen LogP contribution is 2.29. The third-order valence-corrected chi connectivity index (χ3v) is 5.89. The number of ether oxygens (including phenoxy) is 3. The normalized spacial score (nSPS) is 15.5. The average Bonchev–Trinajstić information content (AvgIpc) is 3.18. The minimum atomic E-state index is -0.156. The Kier molecular flexibility index (Phi) is 7.00. The van der Waals surface area contributed by atoms with E-state index >= 15 is 0 Å². The van der Waals surface area contributed by atoms with Crippen molar-refractivity contribution < 1.29 is 19.0 Å². The number of amidine groups is 1. The number of carbonyl (C=O) groups excluding carboxylic acids is 1. The standard InChI is InChI=1S/C26H24N2O4S/c1-17-4-8-20(9-5-17)27-26-28-25(29)24(33-26)14-18-6-10-21(11-7-18)32-16-19-15-22(30-2)12-13-23(19)31-3/h4-15H,16H2,1-3H3,(H,27,28,29)/b24-14-. The Hall–Kier alpha value is -3.71. The molecule has 0 bridgehead atoms. The number of aryl methyl sites for hydroxylation is 1. The number of hydrogen-bond donors (Lipinski definition) is 1. The van der Waals surface area contributed by atoms with Crippen molar-refractivity contribution in [2.24, 2.45) is 4.99 Å². The van der Waals surface area contributed by atoms with Gasteiger partial charge in [-0.2, -0.15) is 0 Å². The largest absolute Gasteiger partial charge is 0.497 e. The van der Waals surface area contributed by atoms with Gasteiger partial charge in [0.1, 0.15) is 23.9 Å². The van der Waals surface area contributed by atoms with Crippen LogP contribution in [0.25, 0.3) is 6.08 Å². The van der Waals surface area contributed by atoms with Crippen molar-refractivity contribution in [3.8, 4) is 17.2 Å². The summed E-state index contributed by atoms with van der Waals surface area (Å²) in [5, 5.41) is 3.39. The molecule has 1 N–H and O–H groups in total. The Balaban J connectivity index is 1.41. The maximum atomic E-state index is 12.3. The van der Waals surface area contributed by atoms with Crippen LogP contribution in [-0.2, 0) is 11.4 Å². The van der Waals surface area contributed by atoms with Crippen LogP contribution in [-0.4, -0.2) is 25.3 Å². The van der Waals surface area contributed by atoms with E-state index in [2.05, 4.69) is 10.3 Å². The Labute approximate surface area is 197 Å². The molecular weight excluding hydrogens is 436 g/mol. The quantitative estimate of drug-likeness (QED) is 0.473. The van der Waals surface area contributed by atoms with Crippen LogP contribution in [0.2, 0.25) is 0 Å². The van der Waals surface area contributed by atoms with Crippen molar-refractivity contribution in [2.45, 2.75) is 13.5 Å². The number of rotatable bonds is 7. The summed E-state index contributed by atoms with van der Waals surface area (Å²) in [7, 11) is 3.25. The van der Waals surface area contributed by atoms with Gasteiger partial charge in [-0.3, -0.25) is 4.79 Å². The van der Waals surface area contributed by atoms with Gasteiger partial charge in [0.2, 0.25) is 0 Å². The molecule has 1 amide bonds. The van der Waals surface area contributed by atoms with Crippen LogP contribution < -0.4 is 19.5 Å². The molecular formula is C26H24N2O4S. The van der Waals surface area contributed by atoms with Crippen LogP contribution >= 0.6 is 11.8 Å². The van der Waals surface area contributed by atoms with Gasteiger partial charge in [-0.1, -0.05) is 29.8 Å². The Bertz CT molecular complexity index is 1200. The molecule has 3 aromatic rings. The van der Waals surface area contributed by atoms with Crippen molar-refractivity contribution in [2.75, 3.05) is 14.2 Å². The molecule has 1 saturated heterocycles. The molecule has 1 heterocycles. The molecule has 4 rings (SSSR count). The smallest absolute Gasteiger partial charge is 0.264 e. The number of thioether (sulfide) groups is 1. The Morgan fingerprint density at radius 3 is 2.36 bits per heavy atom. The fourth-order valence-electron chi connectivity index (χ4n) is 3.18. The SMILES string of the molecule is COc1ccc(OC)c(COc2ccc(/C=C3\SC(=Nc4ccc(C)cc4)NC3=O)cc2)c1. The molecule has 3 aromatic carbocycles. The second-order valence-electron chi connectivity index (χ2n) is 7.35. The summed E-state index contributed by atoms with van der Waals surface area (Å²) >= 11 is 1.33. The first-order chi connectivity index (χ1) is 16.0. The number of nitrogens with zero attached hydrogens (tertiary/aromatic N) is 1. The zero-order valence-corrected chi connectivity index (χ0v) is 19.4. The fourth-order valence-corrected chi connectivity index (χ4v) is 4.03. The lowest BCUT2D eigenvalue weighted by Gasteiger charge is -2.12. The molecule has 1 aliphatic heterocycles. The molecule has 1 fully saturated rings. The lowest BCUT2D eigenvalue weighted by Crippen LogP contribution is -2.19. The third-order valence-electron chi connectivity index (χ3n) is 4.98. The maximum Gasteiger partial charge on any atom is 0.264 e. The molecule has 7 heteroatoms. The van der Waals surface area contributed by atoms with Gasteiger partial charge < -0.3 is 19.5 Å². The van der Waals surface area contributed by atoms with Crippen molar-refractivity contribution in [1.29, 1.82) is 0 Å². The van der Waals surface area contributed by atoms with E-state index in [0.29, 0.717) is 22.4 Å². The fraction of sp³-hybridized carbons (Fsp3) is 0.154. The Morgan fingerprint density at radius 2 is 1.67 bits per heavy atom. The number of nitrogens with one attached hydrogen (secondary N) is 1. The summed E-state index contributed by atoms with van der Waals surface area (Å²) in [6.07, 6.45) is 1.84. The lowest BCUT2D eigenvalue weighted by atomic mass is 10.2. The number of carbonyl (C=O) groups is 1. The number of aliphatic imine (C=N–C) groups is 1. The molecule has 6 nitrogen and oxygen atoms in total. The average molecular weight is 461 g/mol. The summed E-state index contributed by atoms with van der Waals surface area (Å²) in [5.41, 5.74) is 3.76. The van der Waals surface area contributed by atoms with Gasteiger partial charge in [0.05, 0.1) is 24.8 Å². The van der Waals surface area contributed by atoms with Gasteiger partial charge >= 0.3 is 0 Å². The van der Waals surface area contributed by atoms with Gasteiger partial charge in [0.25, 0.3) is 5.91 Å². The van der Waals surface area contributed by atoms with E-state index < -0.39 is 0 Å². The van der Waals surface area contributed by atoms with Crippen LogP contribution in [0.1, 0.15) is 16.7 Å². The number of benzene rings is 3. The highest BCUT2D eigenvalue weighted by molar-refractivity contribution is 8.18. The molecule has 168 valence electrons. The summed E-state index contributed by atoms with van der Waals surface area (Å²) in [6, 6.07) is 21.0. The zero-order valence-electron chi connectivity index (χ0n) is 18.6. The topological polar surface area (TPSA) is 69.2 Å². The van der Waals surface area contributed by atoms with Crippen LogP contribution in [0.4, 0.5) is 5.69 Å². The lowest BCUT2D eigenvalue weighted by molar-refractivity contribution is -0.115. The zero-order chi connectivity index (χ0) is 23.2. The van der Waals surface area contributed by atoms with Crippen molar-refractivity contribution in [3.05, 3.63) is 88.3 Å². The van der Waals surface area contributed by atoms with Gasteiger partial charge in [0.15, 0.2) is 5.17 Å². The van der Waals surface area contributed by atoms with E-state index in [1.165, 1.54) is 11.8 Å². The van der Waals surface area contributed by atoms with E-state index in [9.17, 15) is 4.79 Å². The summed E-state index contributed by atoms with van der Waals surface area (Å²) in [4.78, 5) is 17.4. The number of methoxy groups -OCH3 is 2. The first-order valence-electron chi connectivity index (χ1n) is 10.3. The highest BCUT2D eigenvalue weighted by Gasteiger charge is 2.23.